The average Bonchev–Trinajstić information content (AvgIpc) is 2.60. The molecular formula is C20H26N2O4. The minimum absolute atomic E-state index is 0.0922. The first kappa shape index (κ1) is 19.8. The van der Waals surface area contributed by atoms with E-state index in [4.69, 9.17) is 9.47 Å². The van der Waals surface area contributed by atoms with Crippen LogP contribution in [0.15, 0.2) is 36.7 Å². The van der Waals surface area contributed by atoms with Gasteiger partial charge in [-0.2, -0.15) is 0 Å². The molecule has 0 spiro atoms. The first-order valence-corrected chi connectivity index (χ1v) is 8.59. The molecule has 0 saturated heterocycles. The highest BCUT2D eigenvalue weighted by Gasteiger charge is 2.33. The maximum absolute atomic E-state index is 11.8. The van der Waals surface area contributed by atoms with E-state index in [1.165, 1.54) is 6.92 Å². The summed E-state index contributed by atoms with van der Waals surface area (Å²) in [6, 6.07) is 6.69. The van der Waals surface area contributed by atoms with Crippen LogP contribution in [-0.2, 0) is 27.2 Å². The molecule has 6 nitrogen and oxygen atoms in total. The highest BCUT2D eigenvalue weighted by atomic mass is 16.5. The lowest BCUT2D eigenvalue weighted by Gasteiger charge is -2.21. The first-order valence-electron chi connectivity index (χ1n) is 8.59. The maximum Gasteiger partial charge on any atom is 0.342 e. The van der Waals surface area contributed by atoms with Gasteiger partial charge >= 0.3 is 5.97 Å². The number of aliphatic hydroxyl groups is 1. The Morgan fingerprint density at radius 1 is 1.08 bits per heavy atom. The molecule has 0 bridgehead atoms. The Morgan fingerprint density at radius 2 is 1.65 bits per heavy atom. The molecule has 2 rings (SSSR count). The van der Waals surface area contributed by atoms with E-state index in [2.05, 4.69) is 30.7 Å². The van der Waals surface area contributed by atoms with Gasteiger partial charge in [-0.15, -0.1) is 0 Å². The second-order valence-corrected chi connectivity index (χ2v) is 7.27. The molecule has 0 amide bonds. The van der Waals surface area contributed by atoms with Crippen LogP contribution in [0.2, 0.25) is 0 Å². The van der Waals surface area contributed by atoms with Crippen LogP contribution in [0.25, 0.3) is 0 Å². The molecule has 1 unspecified atom stereocenters. The standard InChI is InChI=1S/C20H26N2O4/c1-6-25-18(23)20(5,24)15-7-9-16(10-8-15)26-13-14-11-21-17(22-12-14)19(2,3)4/h7-12,24H,6,13H2,1-5H3. The third-order valence-corrected chi connectivity index (χ3v) is 3.87. The van der Waals surface area contributed by atoms with E-state index < -0.39 is 11.6 Å². The second kappa shape index (κ2) is 7.83. The number of hydrogen-bond acceptors (Lipinski definition) is 6. The fourth-order valence-corrected chi connectivity index (χ4v) is 2.25. The van der Waals surface area contributed by atoms with Gasteiger partial charge in [0, 0.05) is 23.4 Å². The van der Waals surface area contributed by atoms with Gasteiger partial charge < -0.3 is 14.6 Å². The molecule has 26 heavy (non-hydrogen) atoms. The van der Waals surface area contributed by atoms with Gasteiger partial charge in [0.2, 0.25) is 0 Å². The summed E-state index contributed by atoms with van der Waals surface area (Å²) >= 11 is 0. The summed E-state index contributed by atoms with van der Waals surface area (Å²) in [5.41, 5.74) is -0.474. The summed E-state index contributed by atoms with van der Waals surface area (Å²) in [6.45, 7) is 9.84. The third-order valence-electron chi connectivity index (χ3n) is 3.87. The number of carbonyl (C=O) groups is 1. The molecule has 1 atom stereocenters. The van der Waals surface area contributed by atoms with Crippen molar-refractivity contribution in [1.82, 2.24) is 9.97 Å². The number of benzene rings is 1. The summed E-state index contributed by atoms with van der Waals surface area (Å²) < 4.78 is 10.6. The summed E-state index contributed by atoms with van der Waals surface area (Å²) in [5.74, 6) is 0.727. The highest BCUT2D eigenvalue weighted by molar-refractivity contribution is 5.80. The molecule has 2 aromatic rings. The van der Waals surface area contributed by atoms with E-state index in [9.17, 15) is 9.90 Å². The van der Waals surface area contributed by atoms with Crippen molar-refractivity contribution in [2.24, 2.45) is 0 Å². The minimum Gasteiger partial charge on any atom is -0.489 e. The molecule has 0 aliphatic carbocycles. The van der Waals surface area contributed by atoms with Crippen molar-refractivity contribution >= 4 is 5.97 Å². The minimum atomic E-state index is -1.69. The van der Waals surface area contributed by atoms with E-state index in [0.29, 0.717) is 17.9 Å². The Balaban J connectivity index is 2.00. The van der Waals surface area contributed by atoms with Crippen molar-refractivity contribution in [3.05, 3.63) is 53.6 Å². The lowest BCUT2D eigenvalue weighted by Crippen LogP contribution is -2.34. The summed E-state index contributed by atoms with van der Waals surface area (Å²) in [5, 5.41) is 10.3. The Labute approximate surface area is 154 Å². The maximum atomic E-state index is 11.8. The molecule has 0 aliphatic rings. The zero-order valence-electron chi connectivity index (χ0n) is 15.9. The van der Waals surface area contributed by atoms with Crippen LogP contribution < -0.4 is 4.74 Å². The number of rotatable bonds is 6. The van der Waals surface area contributed by atoms with Crippen molar-refractivity contribution in [3.63, 3.8) is 0 Å². The van der Waals surface area contributed by atoms with Gasteiger partial charge in [-0.3, -0.25) is 0 Å². The second-order valence-electron chi connectivity index (χ2n) is 7.27. The average molecular weight is 358 g/mol. The molecule has 140 valence electrons. The van der Waals surface area contributed by atoms with Crippen molar-refractivity contribution in [1.29, 1.82) is 0 Å². The van der Waals surface area contributed by atoms with E-state index >= 15 is 0 Å². The monoisotopic (exact) mass is 358 g/mol. The third kappa shape index (κ3) is 4.79. The normalized spacial score (nSPS) is 13.8. The van der Waals surface area contributed by atoms with Crippen LogP contribution in [0, 0.1) is 0 Å². The van der Waals surface area contributed by atoms with Crippen LogP contribution in [0.1, 0.15) is 51.6 Å². The fraction of sp³-hybridized carbons (Fsp3) is 0.450. The Morgan fingerprint density at radius 3 is 2.15 bits per heavy atom. The summed E-state index contributed by atoms with van der Waals surface area (Å²) in [6.07, 6.45) is 3.51. The Bertz CT molecular complexity index is 732. The summed E-state index contributed by atoms with van der Waals surface area (Å²) in [7, 11) is 0. The molecule has 1 N–H and O–H groups in total. The predicted molar refractivity (Wildman–Crippen MR) is 97.7 cm³/mol. The molecule has 1 heterocycles. The van der Waals surface area contributed by atoms with Gasteiger partial charge in [0.05, 0.1) is 6.61 Å². The number of hydrogen-bond donors (Lipinski definition) is 1. The van der Waals surface area contributed by atoms with Crippen LogP contribution in [0.5, 0.6) is 5.75 Å². The predicted octanol–water partition coefficient (Wildman–Crippen LogP) is 3.12. The number of nitrogens with zero attached hydrogens (tertiary/aromatic N) is 2. The SMILES string of the molecule is CCOC(=O)C(C)(O)c1ccc(OCc2cnc(C(C)(C)C)nc2)cc1. The first-order chi connectivity index (χ1) is 12.1. The lowest BCUT2D eigenvalue weighted by atomic mass is 9.96. The van der Waals surface area contributed by atoms with Gasteiger partial charge in [-0.1, -0.05) is 32.9 Å². The molecule has 0 saturated carbocycles. The van der Waals surface area contributed by atoms with Crippen molar-refractivity contribution in [2.45, 2.75) is 52.2 Å². The molecule has 1 aromatic carbocycles. The quantitative estimate of drug-likeness (QED) is 0.799. The largest absolute Gasteiger partial charge is 0.489 e. The number of carbonyl (C=O) groups excluding carboxylic acids is 1. The highest BCUT2D eigenvalue weighted by Crippen LogP contribution is 2.25. The number of aromatic nitrogens is 2. The topological polar surface area (TPSA) is 81.5 Å². The molecule has 0 radical (unpaired) electrons. The van der Waals surface area contributed by atoms with Crippen molar-refractivity contribution in [2.75, 3.05) is 6.61 Å². The van der Waals surface area contributed by atoms with E-state index in [1.54, 1.807) is 43.6 Å². The zero-order valence-corrected chi connectivity index (χ0v) is 15.9. The summed E-state index contributed by atoms with van der Waals surface area (Å²) in [4.78, 5) is 20.6. The van der Waals surface area contributed by atoms with Gasteiger partial charge in [0.15, 0.2) is 5.60 Å². The fourth-order valence-electron chi connectivity index (χ4n) is 2.25. The molecule has 0 aliphatic heterocycles. The van der Waals surface area contributed by atoms with Gasteiger partial charge in [-0.25, -0.2) is 14.8 Å². The van der Waals surface area contributed by atoms with Gasteiger partial charge in [0.1, 0.15) is 18.2 Å². The molecule has 1 aromatic heterocycles. The molecular weight excluding hydrogens is 332 g/mol. The number of esters is 1. The Hall–Kier alpha value is -2.47. The molecule has 6 heteroatoms. The van der Waals surface area contributed by atoms with E-state index in [0.717, 1.165) is 11.4 Å². The molecule has 0 fully saturated rings. The number of ether oxygens (including phenoxy) is 2. The lowest BCUT2D eigenvalue weighted by molar-refractivity contribution is -0.164. The van der Waals surface area contributed by atoms with Crippen LogP contribution in [-0.4, -0.2) is 27.7 Å². The smallest absolute Gasteiger partial charge is 0.342 e. The van der Waals surface area contributed by atoms with Crippen LogP contribution >= 0.6 is 0 Å². The van der Waals surface area contributed by atoms with Gasteiger partial charge in [-0.05, 0) is 31.5 Å². The van der Waals surface area contributed by atoms with E-state index in [-0.39, 0.29) is 12.0 Å². The zero-order chi connectivity index (χ0) is 19.4. The van der Waals surface area contributed by atoms with Gasteiger partial charge in [0.25, 0.3) is 0 Å². The Kier molecular flexibility index (Phi) is 5.97. The van der Waals surface area contributed by atoms with E-state index in [1.807, 2.05) is 0 Å². The van der Waals surface area contributed by atoms with Crippen molar-refractivity contribution in [3.8, 4) is 5.75 Å². The van der Waals surface area contributed by atoms with Crippen LogP contribution in [0.4, 0.5) is 0 Å². The van der Waals surface area contributed by atoms with Crippen LogP contribution in [0.3, 0.4) is 0 Å². The van der Waals surface area contributed by atoms with Crippen molar-refractivity contribution < 1.29 is 19.4 Å².